The molecule has 5 nitrogen and oxygen atoms in total. The van der Waals surface area contributed by atoms with E-state index in [1.807, 2.05) is 24.3 Å². The molecule has 142 valence electrons. The average Bonchev–Trinajstić information content (AvgIpc) is 3.05. The van der Waals surface area contributed by atoms with Crippen LogP contribution in [0.5, 0.6) is 5.75 Å². The van der Waals surface area contributed by atoms with Crippen LogP contribution in [0.1, 0.15) is 40.2 Å². The van der Waals surface area contributed by atoms with Crippen LogP contribution in [0, 0.1) is 0 Å². The Hall–Kier alpha value is -2.18. The van der Waals surface area contributed by atoms with Crippen molar-refractivity contribution in [2.45, 2.75) is 45.6 Å². The lowest BCUT2D eigenvalue weighted by molar-refractivity contribution is -0.128. The maximum atomic E-state index is 12.8. The summed E-state index contributed by atoms with van der Waals surface area (Å²) >= 11 is 7.33. The van der Waals surface area contributed by atoms with Crippen molar-refractivity contribution in [1.82, 2.24) is 8.75 Å². The monoisotopic (exact) mass is 403 g/mol. The number of hydrogen-bond acceptors (Lipinski definition) is 5. The number of fused-ring (bicyclic) bond motifs is 1. The van der Waals surface area contributed by atoms with Crippen molar-refractivity contribution in [1.29, 1.82) is 0 Å². The Balaban J connectivity index is 1.79. The molecule has 0 aliphatic carbocycles. The Morgan fingerprint density at radius 3 is 2.33 bits per heavy atom. The Labute approximate surface area is 168 Å². The number of hydrogen-bond donors (Lipinski definition) is 1. The zero-order valence-electron chi connectivity index (χ0n) is 16.0. The van der Waals surface area contributed by atoms with Gasteiger partial charge in [0.15, 0.2) is 5.60 Å². The van der Waals surface area contributed by atoms with Crippen molar-refractivity contribution in [2.24, 2.45) is 0 Å². The van der Waals surface area contributed by atoms with Crippen molar-refractivity contribution in [3.8, 4) is 5.75 Å². The van der Waals surface area contributed by atoms with Gasteiger partial charge in [-0.25, -0.2) is 0 Å². The molecule has 7 heteroatoms. The van der Waals surface area contributed by atoms with Crippen LogP contribution in [0.4, 0.5) is 5.69 Å². The van der Waals surface area contributed by atoms with Crippen LogP contribution >= 0.6 is 23.3 Å². The van der Waals surface area contributed by atoms with Gasteiger partial charge < -0.3 is 10.1 Å². The van der Waals surface area contributed by atoms with E-state index in [1.54, 1.807) is 26.0 Å². The molecule has 0 atom stereocenters. The van der Waals surface area contributed by atoms with Gasteiger partial charge in [0, 0.05) is 0 Å². The van der Waals surface area contributed by atoms with Crippen LogP contribution in [0.15, 0.2) is 36.4 Å². The summed E-state index contributed by atoms with van der Waals surface area (Å²) in [7, 11) is 0. The maximum Gasteiger partial charge on any atom is 0.268 e. The van der Waals surface area contributed by atoms with Gasteiger partial charge in [-0.2, -0.15) is 8.75 Å². The predicted octanol–water partition coefficient (Wildman–Crippen LogP) is 5.44. The van der Waals surface area contributed by atoms with Crippen LogP contribution in [-0.4, -0.2) is 20.3 Å². The SMILES string of the molecule is CC(C)(Oc1ccc(C(C)(C)C)cc1)C(=O)Nc1c(Cl)ccc2nsnc12. The summed E-state index contributed by atoms with van der Waals surface area (Å²) in [6.07, 6.45) is 0. The molecule has 1 aromatic heterocycles. The van der Waals surface area contributed by atoms with Gasteiger partial charge in [-0.3, -0.25) is 4.79 Å². The number of benzene rings is 2. The van der Waals surface area contributed by atoms with E-state index in [9.17, 15) is 4.79 Å². The first-order valence-corrected chi connectivity index (χ1v) is 9.70. The van der Waals surface area contributed by atoms with Crippen LogP contribution in [0.25, 0.3) is 11.0 Å². The van der Waals surface area contributed by atoms with E-state index in [4.69, 9.17) is 16.3 Å². The summed E-state index contributed by atoms with van der Waals surface area (Å²) in [5.74, 6) is 0.313. The summed E-state index contributed by atoms with van der Waals surface area (Å²) in [6, 6.07) is 11.3. The fourth-order valence-electron chi connectivity index (χ4n) is 2.57. The minimum absolute atomic E-state index is 0.0580. The van der Waals surface area contributed by atoms with Crippen molar-refractivity contribution in [3.63, 3.8) is 0 Å². The first-order valence-electron chi connectivity index (χ1n) is 8.60. The number of rotatable bonds is 4. The molecule has 0 fully saturated rings. The van der Waals surface area contributed by atoms with Gasteiger partial charge in [0.2, 0.25) is 0 Å². The molecule has 0 aliphatic heterocycles. The van der Waals surface area contributed by atoms with E-state index in [2.05, 4.69) is 34.8 Å². The molecule has 0 spiro atoms. The molecule has 0 saturated heterocycles. The van der Waals surface area contributed by atoms with Gasteiger partial charge in [-0.05, 0) is 49.1 Å². The van der Waals surface area contributed by atoms with Crippen LogP contribution in [0.2, 0.25) is 5.02 Å². The molecule has 3 aromatic rings. The van der Waals surface area contributed by atoms with Crippen molar-refractivity contribution in [2.75, 3.05) is 5.32 Å². The molecule has 1 N–H and O–H groups in total. The predicted molar refractivity (Wildman–Crippen MR) is 111 cm³/mol. The summed E-state index contributed by atoms with van der Waals surface area (Å²) in [5.41, 5.74) is 1.88. The first kappa shape index (κ1) is 19.6. The number of ether oxygens (including phenoxy) is 1. The van der Waals surface area contributed by atoms with Crippen molar-refractivity contribution in [3.05, 3.63) is 47.0 Å². The molecular formula is C20H22ClN3O2S. The zero-order valence-corrected chi connectivity index (χ0v) is 17.5. The molecule has 0 saturated carbocycles. The van der Waals surface area contributed by atoms with Gasteiger partial charge in [-0.15, -0.1) is 0 Å². The van der Waals surface area contributed by atoms with Crippen molar-refractivity contribution >= 4 is 46.0 Å². The molecule has 1 heterocycles. The highest BCUT2D eigenvalue weighted by Crippen LogP contribution is 2.31. The topological polar surface area (TPSA) is 64.1 Å². The average molecular weight is 404 g/mol. The summed E-state index contributed by atoms with van der Waals surface area (Å²) in [5, 5.41) is 3.25. The minimum Gasteiger partial charge on any atom is -0.478 e. The lowest BCUT2D eigenvalue weighted by atomic mass is 9.87. The van der Waals surface area contributed by atoms with Crippen LogP contribution in [0.3, 0.4) is 0 Å². The number of nitrogens with zero attached hydrogens (tertiary/aromatic N) is 2. The molecular weight excluding hydrogens is 382 g/mol. The second-order valence-corrected chi connectivity index (χ2v) is 8.83. The quantitative estimate of drug-likeness (QED) is 0.630. The molecule has 3 rings (SSSR count). The molecule has 0 bridgehead atoms. The fourth-order valence-corrected chi connectivity index (χ4v) is 3.32. The highest BCUT2D eigenvalue weighted by atomic mass is 35.5. The molecule has 0 unspecified atom stereocenters. The molecule has 0 radical (unpaired) electrons. The highest BCUT2D eigenvalue weighted by Gasteiger charge is 2.31. The largest absolute Gasteiger partial charge is 0.478 e. The van der Waals surface area contributed by atoms with Crippen LogP contribution in [-0.2, 0) is 10.2 Å². The lowest BCUT2D eigenvalue weighted by Crippen LogP contribution is -2.42. The third-order valence-corrected chi connectivity index (χ3v) is 5.11. The van der Waals surface area contributed by atoms with E-state index in [-0.39, 0.29) is 11.3 Å². The fraction of sp³-hybridized carbons (Fsp3) is 0.350. The smallest absolute Gasteiger partial charge is 0.268 e. The van der Waals surface area contributed by atoms with Crippen LogP contribution < -0.4 is 10.1 Å². The van der Waals surface area contributed by atoms with Gasteiger partial charge in [0.1, 0.15) is 16.8 Å². The minimum atomic E-state index is -1.10. The van der Waals surface area contributed by atoms with E-state index in [0.29, 0.717) is 27.5 Å². The molecule has 0 aliphatic rings. The normalized spacial score (nSPS) is 12.2. The van der Waals surface area contributed by atoms with Gasteiger partial charge >= 0.3 is 0 Å². The Bertz CT molecular complexity index is 975. The molecule has 1 amide bonds. The number of halogens is 1. The Morgan fingerprint density at radius 2 is 1.70 bits per heavy atom. The summed E-state index contributed by atoms with van der Waals surface area (Å²) in [4.78, 5) is 12.8. The van der Waals surface area contributed by atoms with Crippen molar-refractivity contribution < 1.29 is 9.53 Å². The second-order valence-electron chi connectivity index (χ2n) is 7.90. The first-order chi connectivity index (χ1) is 12.6. The molecule has 27 heavy (non-hydrogen) atoms. The Kier molecular flexibility index (Phi) is 5.14. The van der Waals surface area contributed by atoms with Gasteiger partial charge in [0.25, 0.3) is 5.91 Å². The lowest BCUT2D eigenvalue weighted by Gasteiger charge is -2.26. The third kappa shape index (κ3) is 4.22. The van der Waals surface area contributed by atoms with E-state index in [0.717, 1.165) is 11.7 Å². The van der Waals surface area contributed by atoms with E-state index >= 15 is 0 Å². The maximum absolute atomic E-state index is 12.8. The van der Waals surface area contributed by atoms with E-state index in [1.165, 1.54) is 5.56 Å². The second kappa shape index (κ2) is 7.09. The third-order valence-electron chi connectivity index (χ3n) is 4.26. The highest BCUT2D eigenvalue weighted by molar-refractivity contribution is 7.00. The number of carbonyl (C=O) groups excluding carboxylic acids is 1. The number of anilines is 1. The zero-order chi connectivity index (χ0) is 19.8. The molecule has 2 aromatic carbocycles. The Morgan fingerprint density at radius 1 is 1.04 bits per heavy atom. The summed E-state index contributed by atoms with van der Waals surface area (Å²) in [6.45, 7) is 9.88. The number of aromatic nitrogens is 2. The number of amides is 1. The van der Waals surface area contributed by atoms with Gasteiger partial charge in [-0.1, -0.05) is 44.5 Å². The standard InChI is InChI=1S/C20H22ClN3O2S/c1-19(2,3)12-6-8-13(9-7-12)26-20(4,5)18(25)22-16-14(21)10-11-15-17(16)24-27-23-15/h6-11H,1-5H3,(H,22,25). The van der Waals surface area contributed by atoms with Gasteiger partial charge in [0.05, 0.1) is 22.4 Å². The van der Waals surface area contributed by atoms with E-state index < -0.39 is 5.60 Å². The summed E-state index contributed by atoms with van der Waals surface area (Å²) < 4.78 is 14.3. The number of carbonyl (C=O) groups is 1. The number of nitrogens with one attached hydrogen (secondary N) is 1.